The van der Waals surface area contributed by atoms with Crippen molar-refractivity contribution in [3.8, 4) is 5.75 Å². The molecule has 2 amide bonds. The fourth-order valence-electron chi connectivity index (χ4n) is 3.40. The van der Waals surface area contributed by atoms with E-state index in [1.807, 2.05) is 77.1 Å². The fourth-order valence-corrected chi connectivity index (χ4v) is 3.40. The van der Waals surface area contributed by atoms with E-state index in [1.54, 1.807) is 12.0 Å². The minimum absolute atomic E-state index is 0.0717. The number of methoxy groups -OCH3 is 1. The number of carbonyl (C=O) groups excluding carboxylic acids is 2. The molecular weight excluding hydrogens is 376 g/mol. The zero-order valence-corrected chi connectivity index (χ0v) is 19.0. The molecule has 0 aliphatic heterocycles. The van der Waals surface area contributed by atoms with Gasteiger partial charge in [0.05, 0.1) is 13.5 Å². The fraction of sp³-hybridized carbons (Fsp3) is 0.440. The van der Waals surface area contributed by atoms with Crippen LogP contribution in [0.5, 0.6) is 5.75 Å². The Bertz CT molecular complexity index is 853. The predicted octanol–water partition coefficient (Wildman–Crippen LogP) is 4.27. The van der Waals surface area contributed by atoms with Crippen LogP contribution >= 0.6 is 0 Å². The Morgan fingerprint density at radius 3 is 2.27 bits per heavy atom. The quantitative estimate of drug-likeness (QED) is 0.707. The molecule has 0 aliphatic rings. The van der Waals surface area contributed by atoms with Gasteiger partial charge in [0.25, 0.3) is 0 Å². The van der Waals surface area contributed by atoms with Gasteiger partial charge >= 0.3 is 0 Å². The van der Waals surface area contributed by atoms with Crippen LogP contribution in [0.15, 0.2) is 48.5 Å². The zero-order chi connectivity index (χ0) is 22.3. The molecule has 0 unspecified atom stereocenters. The van der Waals surface area contributed by atoms with Crippen LogP contribution in [0.4, 0.5) is 0 Å². The Morgan fingerprint density at radius 2 is 1.73 bits per heavy atom. The monoisotopic (exact) mass is 410 g/mol. The molecule has 30 heavy (non-hydrogen) atoms. The maximum Gasteiger partial charge on any atom is 0.243 e. The third kappa shape index (κ3) is 6.90. The predicted molar refractivity (Wildman–Crippen MR) is 120 cm³/mol. The van der Waals surface area contributed by atoms with Crippen LogP contribution in [0.3, 0.4) is 0 Å². The summed E-state index contributed by atoms with van der Waals surface area (Å²) in [5.74, 6) is 0.553. The van der Waals surface area contributed by atoms with E-state index >= 15 is 0 Å². The van der Waals surface area contributed by atoms with Gasteiger partial charge in [-0.05, 0) is 57.4 Å². The van der Waals surface area contributed by atoms with E-state index in [4.69, 9.17) is 4.74 Å². The molecule has 162 valence electrons. The lowest BCUT2D eigenvalue weighted by molar-refractivity contribution is -0.141. The summed E-state index contributed by atoms with van der Waals surface area (Å²) in [5.41, 5.74) is 2.67. The van der Waals surface area contributed by atoms with Crippen LogP contribution in [-0.4, -0.2) is 35.4 Å². The topological polar surface area (TPSA) is 58.6 Å². The molecule has 0 aromatic heterocycles. The van der Waals surface area contributed by atoms with Crippen molar-refractivity contribution in [1.29, 1.82) is 0 Å². The molecule has 5 nitrogen and oxygen atoms in total. The van der Waals surface area contributed by atoms with Gasteiger partial charge in [0, 0.05) is 12.1 Å². The van der Waals surface area contributed by atoms with E-state index in [1.165, 1.54) is 0 Å². The van der Waals surface area contributed by atoms with Crippen LogP contribution in [0.2, 0.25) is 0 Å². The van der Waals surface area contributed by atoms with E-state index in [2.05, 4.69) is 11.4 Å². The van der Waals surface area contributed by atoms with E-state index in [-0.39, 0.29) is 23.8 Å². The number of rotatable bonds is 8. The van der Waals surface area contributed by atoms with Crippen molar-refractivity contribution < 1.29 is 14.3 Å². The first kappa shape index (κ1) is 23.5. The van der Waals surface area contributed by atoms with Crippen molar-refractivity contribution in [3.05, 3.63) is 65.2 Å². The van der Waals surface area contributed by atoms with E-state index in [0.29, 0.717) is 13.0 Å². The number of carbonyl (C=O) groups is 2. The highest BCUT2D eigenvalue weighted by Gasteiger charge is 2.30. The molecule has 0 aliphatic carbocycles. The summed E-state index contributed by atoms with van der Waals surface area (Å²) >= 11 is 0. The van der Waals surface area contributed by atoms with Crippen LogP contribution < -0.4 is 10.1 Å². The van der Waals surface area contributed by atoms with Crippen LogP contribution in [-0.2, 0) is 22.6 Å². The highest BCUT2D eigenvalue weighted by atomic mass is 16.5. The average molecular weight is 411 g/mol. The molecule has 1 atom stereocenters. The minimum Gasteiger partial charge on any atom is -0.497 e. The van der Waals surface area contributed by atoms with Gasteiger partial charge in [0.15, 0.2) is 0 Å². The number of ether oxygens (including phenoxy) is 1. The molecule has 0 bridgehead atoms. The summed E-state index contributed by atoms with van der Waals surface area (Å²) in [6, 6.07) is 15.0. The van der Waals surface area contributed by atoms with Gasteiger partial charge in [-0.2, -0.15) is 0 Å². The summed E-state index contributed by atoms with van der Waals surface area (Å²) in [4.78, 5) is 28.1. The first-order chi connectivity index (χ1) is 14.1. The highest BCUT2D eigenvalue weighted by Crippen LogP contribution is 2.18. The smallest absolute Gasteiger partial charge is 0.243 e. The number of aryl methyl sites for hydroxylation is 1. The third-order valence-electron chi connectivity index (χ3n) is 4.83. The van der Waals surface area contributed by atoms with Gasteiger partial charge in [-0.15, -0.1) is 0 Å². The second-order valence-electron chi connectivity index (χ2n) is 8.70. The van der Waals surface area contributed by atoms with Gasteiger partial charge in [-0.25, -0.2) is 0 Å². The first-order valence-corrected chi connectivity index (χ1v) is 10.4. The highest BCUT2D eigenvalue weighted by molar-refractivity contribution is 5.88. The lowest BCUT2D eigenvalue weighted by Crippen LogP contribution is -2.53. The molecule has 0 radical (unpaired) electrons. The van der Waals surface area contributed by atoms with Crippen molar-refractivity contribution >= 4 is 11.8 Å². The second-order valence-corrected chi connectivity index (χ2v) is 8.70. The number of nitrogens with zero attached hydrogens (tertiary/aromatic N) is 1. The van der Waals surface area contributed by atoms with Gasteiger partial charge in [-0.1, -0.05) is 48.9 Å². The molecule has 0 saturated carbocycles. The molecule has 1 N–H and O–H groups in total. The van der Waals surface area contributed by atoms with E-state index in [9.17, 15) is 9.59 Å². The van der Waals surface area contributed by atoms with Crippen LogP contribution in [0.1, 0.15) is 50.8 Å². The van der Waals surface area contributed by atoms with E-state index < -0.39 is 6.04 Å². The molecule has 5 heteroatoms. The Hall–Kier alpha value is -2.82. The van der Waals surface area contributed by atoms with Gasteiger partial charge in [0.1, 0.15) is 11.8 Å². The SMILES string of the molecule is CC[C@@H](C(=O)NC(C)(C)C)N(Cc1cccc(C)c1)C(=O)Cc1ccc(OC)cc1. The molecule has 2 aromatic carbocycles. The van der Waals surface area contributed by atoms with Gasteiger partial charge < -0.3 is 15.0 Å². The summed E-state index contributed by atoms with van der Waals surface area (Å²) in [6.45, 7) is 10.2. The van der Waals surface area contributed by atoms with Crippen LogP contribution in [0, 0.1) is 6.92 Å². The molecule has 2 aromatic rings. The number of hydrogen-bond acceptors (Lipinski definition) is 3. The molecule has 2 rings (SSSR count). The lowest BCUT2D eigenvalue weighted by Gasteiger charge is -2.33. The Morgan fingerprint density at radius 1 is 1.07 bits per heavy atom. The van der Waals surface area contributed by atoms with Crippen molar-refractivity contribution in [2.45, 2.75) is 65.6 Å². The Labute approximate surface area is 180 Å². The van der Waals surface area contributed by atoms with E-state index in [0.717, 1.165) is 22.4 Å². The Balaban J connectivity index is 2.30. The zero-order valence-electron chi connectivity index (χ0n) is 19.0. The maximum atomic E-state index is 13.3. The maximum absolute atomic E-state index is 13.3. The van der Waals surface area contributed by atoms with Crippen molar-refractivity contribution in [2.75, 3.05) is 7.11 Å². The number of amides is 2. The summed E-state index contributed by atoms with van der Waals surface area (Å²) in [6.07, 6.45) is 0.775. The normalized spacial score (nSPS) is 12.2. The molecule has 0 saturated heterocycles. The summed E-state index contributed by atoms with van der Waals surface area (Å²) < 4.78 is 5.20. The lowest BCUT2D eigenvalue weighted by atomic mass is 10.0. The molecule has 0 heterocycles. The largest absolute Gasteiger partial charge is 0.497 e. The minimum atomic E-state index is -0.532. The molecule has 0 fully saturated rings. The van der Waals surface area contributed by atoms with Crippen molar-refractivity contribution in [1.82, 2.24) is 10.2 Å². The van der Waals surface area contributed by atoms with Gasteiger partial charge in [-0.3, -0.25) is 9.59 Å². The first-order valence-electron chi connectivity index (χ1n) is 10.4. The Kier molecular flexibility index (Phi) is 8.04. The number of nitrogens with one attached hydrogen (secondary N) is 1. The molecular formula is C25H34N2O3. The van der Waals surface area contributed by atoms with Crippen LogP contribution in [0.25, 0.3) is 0 Å². The molecule has 0 spiro atoms. The van der Waals surface area contributed by atoms with Crippen molar-refractivity contribution in [3.63, 3.8) is 0 Å². The summed E-state index contributed by atoms with van der Waals surface area (Å²) in [7, 11) is 1.61. The number of hydrogen-bond donors (Lipinski definition) is 1. The van der Waals surface area contributed by atoms with Gasteiger partial charge in [0.2, 0.25) is 11.8 Å². The second kappa shape index (κ2) is 10.3. The number of benzene rings is 2. The van der Waals surface area contributed by atoms with Crippen molar-refractivity contribution in [2.24, 2.45) is 0 Å². The standard InChI is InChI=1S/C25H34N2O3/c1-7-22(24(29)26-25(3,4)5)27(17-20-10-8-9-18(2)15-20)23(28)16-19-11-13-21(30-6)14-12-19/h8-15,22H,7,16-17H2,1-6H3,(H,26,29)/t22-/m0/s1. The summed E-state index contributed by atoms with van der Waals surface area (Å²) in [5, 5.41) is 3.03. The average Bonchev–Trinajstić information content (AvgIpc) is 2.67. The third-order valence-corrected chi connectivity index (χ3v) is 4.83.